The molecule has 0 N–H and O–H groups in total. The van der Waals surface area contributed by atoms with Gasteiger partial charge in [0, 0.05) is 21.1 Å². The van der Waals surface area contributed by atoms with Crippen LogP contribution in [0.25, 0.3) is 0 Å². The summed E-state index contributed by atoms with van der Waals surface area (Å²) in [5, 5.41) is 0. The minimum atomic E-state index is -1.36. The maximum absolute atomic E-state index is 4.71. The topological polar surface area (TPSA) is 56.2 Å². The van der Waals surface area contributed by atoms with Crippen LogP contribution >= 0.6 is 8.60 Å². The maximum atomic E-state index is 4.71. The van der Waals surface area contributed by atoms with Crippen LogP contribution in [0, 0.1) is 41.5 Å². The second-order valence-electron chi connectivity index (χ2n) is 4.61. The summed E-state index contributed by atoms with van der Waals surface area (Å²) in [6.45, 7) is 13.3. The third kappa shape index (κ3) is 14.5. The van der Waals surface area contributed by atoms with Crippen molar-refractivity contribution < 1.29 is 59.6 Å². The van der Waals surface area contributed by atoms with Gasteiger partial charge in [0.15, 0.2) is 0 Å². The molecule has 25 heavy (non-hydrogen) atoms. The molecule has 0 aliphatic heterocycles. The van der Waals surface area contributed by atoms with Crippen molar-refractivity contribution in [2.75, 3.05) is 21.3 Å². The van der Waals surface area contributed by atoms with E-state index in [1.165, 1.54) is 33.4 Å². The van der Waals surface area contributed by atoms with Gasteiger partial charge in [0.05, 0.1) is 21.3 Å². The zero-order valence-electron chi connectivity index (χ0n) is 16.1. The predicted octanol–water partition coefficient (Wildman–Crippen LogP) is 4.29. The summed E-state index contributed by atoms with van der Waals surface area (Å²) >= 11 is 0. The third-order valence-electron chi connectivity index (χ3n) is 3.88. The van der Waals surface area contributed by atoms with E-state index in [1.807, 2.05) is 0 Å². The van der Waals surface area contributed by atoms with Gasteiger partial charge >= 0.3 is 28.1 Å². The van der Waals surface area contributed by atoms with Gasteiger partial charge in [-0.25, -0.2) is 0 Å². The van der Waals surface area contributed by atoms with Gasteiger partial charge in [0.25, 0.3) is 0 Å². The zero-order chi connectivity index (χ0) is 15.2. The van der Waals surface area contributed by atoms with Crippen LogP contribution in [0.5, 0.6) is 0 Å². The molecule has 0 spiro atoms. The molecule has 4 nitrogen and oxygen atoms in total. The molecule has 10 heteroatoms. The van der Waals surface area contributed by atoms with Crippen molar-refractivity contribution >= 4 is 49.1 Å². The molecule has 0 aliphatic rings. The van der Waals surface area contributed by atoms with Crippen molar-refractivity contribution in [3.8, 4) is 0 Å². The number of hydrogen-bond donors (Lipinski definition) is 0. The molecule has 0 saturated heterocycles. The molecule has 1 radical (unpaired) electrons. The molecular formula is C15H28MoO4PRuS3-4. The van der Waals surface area contributed by atoms with E-state index < -0.39 is 8.60 Å². The van der Waals surface area contributed by atoms with Gasteiger partial charge in [-0.15, -0.1) is 0 Å². The molecule has 0 aliphatic carbocycles. The monoisotopic (exact) mass is 599 g/mol. The molecule has 0 heterocycles. The van der Waals surface area contributed by atoms with Crippen LogP contribution in [0.2, 0.25) is 0 Å². The van der Waals surface area contributed by atoms with E-state index in [-0.39, 0.29) is 86.5 Å². The Morgan fingerprint density at radius 2 is 0.640 bits per heavy atom. The van der Waals surface area contributed by atoms with Crippen LogP contribution < -0.4 is 0 Å². The summed E-state index contributed by atoms with van der Waals surface area (Å²) in [5.41, 5.74) is 8.73. The fourth-order valence-electron chi connectivity index (χ4n) is 1.94. The van der Waals surface area contributed by atoms with Gasteiger partial charge in [-0.3, -0.25) is 0 Å². The SMILES string of the molecule is CO[PH+](OC)OC.Cc1c(C)c(C)c(C)c(C)c1C.[Mo].[O-2].[Ru+3].[S-2].[S-2].[S-2]. The summed E-state index contributed by atoms with van der Waals surface area (Å²) in [5.74, 6) is 0. The standard InChI is InChI=1S/C12H18.C3H10O3P.Mo.O.Ru.3S/c1-7-8(2)10(4)12(6)11(5)9(7)3;1-4-7(5-2)6-3;;;;;;/h1-6H3;7H,1-3H3;;;;;;/q;+1;;-2;+3;3*-2. The summed E-state index contributed by atoms with van der Waals surface area (Å²) < 4.78 is 14.1. The molecule has 0 amide bonds. The van der Waals surface area contributed by atoms with Crippen LogP contribution in [0.15, 0.2) is 0 Å². The Bertz CT molecular complexity index is 329. The Morgan fingerprint density at radius 1 is 0.520 bits per heavy atom. The van der Waals surface area contributed by atoms with Crippen molar-refractivity contribution in [3.63, 3.8) is 0 Å². The molecule has 1 rings (SSSR count). The van der Waals surface area contributed by atoms with E-state index >= 15 is 0 Å². The first-order valence-electron chi connectivity index (χ1n) is 6.34. The first-order valence-corrected chi connectivity index (χ1v) is 7.56. The van der Waals surface area contributed by atoms with Gasteiger partial charge < -0.3 is 46.0 Å². The summed E-state index contributed by atoms with van der Waals surface area (Å²) in [4.78, 5) is 0. The van der Waals surface area contributed by atoms with E-state index in [0.717, 1.165) is 0 Å². The Hall–Kier alpha value is 1.85. The van der Waals surface area contributed by atoms with Gasteiger partial charge in [-0.1, -0.05) is 0 Å². The smallest absolute Gasteiger partial charge is 2.00 e. The molecule has 0 atom stereocenters. The van der Waals surface area contributed by atoms with Gasteiger partial charge in [0.2, 0.25) is 0 Å². The van der Waals surface area contributed by atoms with Crippen molar-refractivity contribution in [2.45, 2.75) is 41.5 Å². The molecule has 0 fully saturated rings. The summed E-state index contributed by atoms with van der Waals surface area (Å²) in [6, 6.07) is 0. The van der Waals surface area contributed by atoms with E-state index in [1.54, 1.807) is 21.3 Å². The first-order chi connectivity index (χ1) is 8.81. The number of hydrogen-bond acceptors (Lipinski definition) is 3. The minimum Gasteiger partial charge on any atom is -2.00 e. The zero-order valence-corrected chi connectivity index (χ0v) is 23.3. The van der Waals surface area contributed by atoms with Crippen LogP contribution in [0.1, 0.15) is 33.4 Å². The Labute approximate surface area is 203 Å². The van der Waals surface area contributed by atoms with E-state index in [0.29, 0.717) is 0 Å². The normalized spacial score (nSPS) is 7.92. The molecule has 0 unspecified atom stereocenters. The van der Waals surface area contributed by atoms with E-state index in [9.17, 15) is 0 Å². The summed E-state index contributed by atoms with van der Waals surface area (Å²) in [6.07, 6.45) is 0. The largest absolute Gasteiger partial charge is 3.00 e. The van der Waals surface area contributed by atoms with Crippen LogP contribution in [0.4, 0.5) is 0 Å². The Kier molecular flexibility index (Phi) is 43.5. The van der Waals surface area contributed by atoms with Crippen molar-refractivity contribution in [3.05, 3.63) is 33.4 Å². The van der Waals surface area contributed by atoms with Crippen LogP contribution in [0.3, 0.4) is 0 Å². The van der Waals surface area contributed by atoms with Crippen molar-refractivity contribution in [1.29, 1.82) is 0 Å². The molecule has 153 valence electrons. The number of benzene rings is 1. The number of rotatable bonds is 3. The van der Waals surface area contributed by atoms with E-state index in [4.69, 9.17) is 13.6 Å². The van der Waals surface area contributed by atoms with Gasteiger partial charge in [-0.2, -0.15) is 13.6 Å². The fourth-order valence-corrected chi connectivity index (χ4v) is 2.44. The predicted molar refractivity (Wildman–Crippen MR) is 107 cm³/mol. The third-order valence-corrected chi connectivity index (χ3v) is 4.88. The average Bonchev–Trinajstić information content (AvgIpc) is 2.43. The Morgan fingerprint density at radius 3 is 0.680 bits per heavy atom. The average molecular weight is 597 g/mol. The van der Waals surface area contributed by atoms with Crippen LogP contribution in [-0.4, -0.2) is 21.3 Å². The van der Waals surface area contributed by atoms with Crippen LogP contribution in [-0.2, 0) is 100 Å². The minimum absolute atomic E-state index is 0. The quantitative estimate of drug-likeness (QED) is 0.387. The Balaban J connectivity index is -0.0000000452. The van der Waals surface area contributed by atoms with Gasteiger partial charge in [-0.05, 0) is 74.9 Å². The second kappa shape index (κ2) is 23.9. The second-order valence-corrected chi connectivity index (χ2v) is 6.34. The molecular weight excluding hydrogens is 568 g/mol. The molecule has 1 aromatic carbocycles. The fraction of sp³-hybridized carbons (Fsp3) is 0.600. The first kappa shape index (κ1) is 45.5. The molecule has 1 aromatic rings. The molecule has 0 bridgehead atoms. The molecule has 0 saturated carbocycles. The van der Waals surface area contributed by atoms with E-state index in [2.05, 4.69) is 41.5 Å². The maximum Gasteiger partial charge on any atom is 3.00 e. The molecule has 0 aromatic heterocycles. The van der Waals surface area contributed by atoms with Gasteiger partial charge in [0.1, 0.15) is 0 Å². The van der Waals surface area contributed by atoms with Crippen molar-refractivity contribution in [2.24, 2.45) is 0 Å². The van der Waals surface area contributed by atoms with Crippen molar-refractivity contribution in [1.82, 2.24) is 0 Å². The summed E-state index contributed by atoms with van der Waals surface area (Å²) in [7, 11) is 3.31.